The Labute approximate surface area is 152 Å². The number of benzene rings is 1. The predicted octanol–water partition coefficient (Wildman–Crippen LogP) is 4.39. The first-order valence-electron chi connectivity index (χ1n) is 8.87. The van der Waals surface area contributed by atoms with E-state index in [4.69, 9.17) is 9.72 Å². The first-order valence-corrected chi connectivity index (χ1v) is 9.68. The number of aromatic nitrogens is 2. The van der Waals surface area contributed by atoms with Crippen LogP contribution >= 0.6 is 11.3 Å². The Bertz CT molecular complexity index is 859. The molecule has 0 amide bonds. The van der Waals surface area contributed by atoms with Gasteiger partial charge >= 0.3 is 0 Å². The van der Waals surface area contributed by atoms with E-state index < -0.39 is 0 Å². The molecule has 1 aliphatic heterocycles. The van der Waals surface area contributed by atoms with Crippen LogP contribution in [0.2, 0.25) is 0 Å². The highest BCUT2D eigenvalue weighted by atomic mass is 32.1. The van der Waals surface area contributed by atoms with Gasteiger partial charge in [-0.05, 0) is 50.1 Å². The summed E-state index contributed by atoms with van der Waals surface area (Å²) in [6.45, 7) is 4.69. The van der Waals surface area contributed by atoms with Crippen molar-refractivity contribution in [3.05, 3.63) is 41.5 Å². The molecule has 0 saturated carbocycles. The second-order valence-corrected chi connectivity index (χ2v) is 7.77. The van der Waals surface area contributed by atoms with Gasteiger partial charge in [0, 0.05) is 36.8 Å². The Kier molecular flexibility index (Phi) is 4.68. The minimum atomic E-state index is 0.640. The summed E-state index contributed by atoms with van der Waals surface area (Å²) < 4.78 is 6.38. The molecular weight excluding hydrogens is 330 g/mol. The van der Waals surface area contributed by atoms with Crippen molar-refractivity contribution in [2.45, 2.75) is 32.2 Å². The van der Waals surface area contributed by atoms with Crippen molar-refractivity contribution in [1.82, 2.24) is 14.9 Å². The number of likely N-dealkylation sites (tertiary alicyclic amines) is 1. The minimum absolute atomic E-state index is 0.640. The third-order valence-corrected chi connectivity index (χ3v) is 6.09. The van der Waals surface area contributed by atoms with Crippen LogP contribution in [0.3, 0.4) is 0 Å². The van der Waals surface area contributed by atoms with E-state index in [2.05, 4.69) is 35.0 Å². The second kappa shape index (κ2) is 7.10. The number of methoxy groups -OCH3 is 1. The summed E-state index contributed by atoms with van der Waals surface area (Å²) in [5.41, 5.74) is 3.37. The van der Waals surface area contributed by atoms with Gasteiger partial charge in [-0.2, -0.15) is 0 Å². The molecule has 1 fully saturated rings. The van der Waals surface area contributed by atoms with Crippen molar-refractivity contribution >= 4 is 21.6 Å². The maximum Gasteiger partial charge on any atom is 0.212 e. The predicted molar refractivity (Wildman–Crippen MR) is 103 cm³/mol. The molecule has 0 spiro atoms. The zero-order valence-corrected chi connectivity index (χ0v) is 15.6. The summed E-state index contributed by atoms with van der Waals surface area (Å²) in [5.74, 6) is 0.640. The number of nitrogens with zero attached hydrogens (tertiary/aromatic N) is 3. The first kappa shape index (κ1) is 16.5. The topological polar surface area (TPSA) is 38.2 Å². The van der Waals surface area contributed by atoms with Gasteiger partial charge in [0.2, 0.25) is 5.88 Å². The highest BCUT2D eigenvalue weighted by Crippen LogP contribution is 2.29. The lowest BCUT2D eigenvalue weighted by atomic mass is 10.1. The van der Waals surface area contributed by atoms with Crippen LogP contribution in [0.15, 0.2) is 36.5 Å². The number of pyridine rings is 1. The Morgan fingerprint density at radius 1 is 1.24 bits per heavy atom. The normalized spacial score (nSPS) is 18.1. The standard InChI is InChI=1S/C20H23N3OS/c1-14-4-3-10-23(14)11-9-20-22-17-7-5-15(12-18(17)25-20)16-6-8-19(24-2)21-13-16/h5-8,12-14H,3-4,9-11H2,1-2H3. The molecule has 25 heavy (non-hydrogen) atoms. The van der Waals surface area contributed by atoms with Crippen LogP contribution in [0, 0.1) is 0 Å². The number of hydrogen-bond acceptors (Lipinski definition) is 5. The number of ether oxygens (including phenoxy) is 1. The fourth-order valence-corrected chi connectivity index (χ4v) is 4.49. The third-order valence-electron chi connectivity index (χ3n) is 5.02. The molecule has 2 aromatic heterocycles. The average molecular weight is 353 g/mol. The number of thiazole rings is 1. The van der Waals surface area contributed by atoms with Crippen LogP contribution in [-0.4, -0.2) is 41.1 Å². The average Bonchev–Trinajstić information content (AvgIpc) is 3.24. The number of rotatable bonds is 5. The van der Waals surface area contributed by atoms with E-state index in [0.717, 1.165) is 30.1 Å². The molecule has 1 aromatic carbocycles. The van der Waals surface area contributed by atoms with Gasteiger partial charge in [0.1, 0.15) is 0 Å². The Balaban J connectivity index is 1.52. The summed E-state index contributed by atoms with van der Waals surface area (Å²) in [7, 11) is 1.63. The van der Waals surface area contributed by atoms with Crippen LogP contribution < -0.4 is 4.74 Å². The zero-order valence-electron chi connectivity index (χ0n) is 14.7. The molecule has 3 heterocycles. The van der Waals surface area contributed by atoms with Gasteiger partial charge in [-0.3, -0.25) is 0 Å². The van der Waals surface area contributed by atoms with Crippen molar-refractivity contribution in [3.63, 3.8) is 0 Å². The van der Waals surface area contributed by atoms with Crippen LogP contribution in [0.4, 0.5) is 0 Å². The van der Waals surface area contributed by atoms with Crippen molar-refractivity contribution in [2.75, 3.05) is 20.2 Å². The monoisotopic (exact) mass is 353 g/mol. The van der Waals surface area contributed by atoms with Crippen LogP contribution in [0.1, 0.15) is 24.8 Å². The molecule has 0 radical (unpaired) electrons. The third kappa shape index (κ3) is 3.53. The van der Waals surface area contributed by atoms with Crippen LogP contribution in [-0.2, 0) is 6.42 Å². The quantitative estimate of drug-likeness (QED) is 0.682. The lowest BCUT2D eigenvalue weighted by molar-refractivity contribution is 0.272. The van der Waals surface area contributed by atoms with E-state index in [1.54, 1.807) is 7.11 Å². The lowest BCUT2D eigenvalue weighted by Crippen LogP contribution is -2.28. The molecule has 4 nitrogen and oxygen atoms in total. The summed E-state index contributed by atoms with van der Waals surface area (Å²) in [5, 5.41) is 1.24. The van der Waals surface area contributed by atoms with Gasteiger partial charge in [-0.25, -0.2) is 9.97 Å². The fourth-order valence-electron chi connectivity index (χ4n) is 3.49. The van der Waals surface area contributed by atoms with E-state index in [1.165, 1.54) is 34.7 Å². The summed E-state index contributed by atoms with van der Waals surface area (Å²) in [4.78, 5) is 11.7. The van der Waals surface area contributed by atoms with Gasteiger partial charge in [-0.15, -0.1) is 11.3 Å². The smallest absolute Gasteiger partial charge is 0.212 e. The molecule has 3 aromatic rings. The first-order chi connectivity index (χ1) is 12.2. The van der Waals surface area contributed by atoms with Gasteiger partial charge < -0.3 is 9.64 Å². The van der Waals surface area contributed by atoms with Gasteiger partial charge in [0.25, 0.3) is 0 Å². The lowest BCUT2D eigenvalue weighted by Gasteiger charge is -2.19. The van der Waals surface area contributed by atoms with Crippen LogP contribution in [0.5, 0.6) is 5.88 Å². The Morgan fingerprint density at radius 2 is 2.12 bits per heavy atom. The summed E-state index contributed by atoms with van der Waals surface area (Å²) in [6.07, 6.45) is 5.57. The molecule has 0 N–H and O–H groups in total. The van der Waals surface area contributed by atoms with Crippen molar-refractivity contribution < 1.29 is 4.74 Å². The molecule has 1 atom stereocenters. The zero-order chi connectivity index (χ0) is 17.2. The van der Waals surface area contributed by atoms with Crippen molar-refractivity contribution in [1.29, 1.82) is 0 Å². The molecule has 0 bridgehead atoms. The second-order valence-electron chi connectivity index (χ2n) is 6.66. The fraction of sp³-hybridized carbons (Fsp3) is 0.400. The molecular formula is C20H23N3OS. The maximum atomic E-state index is 5.13. The molecule has 0 aliphatic carbocycles. The molecule has 4 rings (SSSR count). The van der Waals surface area contributed by atoms with E-state index in [1.807, 2.05) is 29.7 Å². The molecule has 5 heteroatoms. The molecule has 130 valence electrons. The van der Waals surface area contributed by atoms with Gasteiger partial charge in [-0.1, -0.05) is 6.07 Å². The summed E-state index contributed by atoms with van der Waals surface area (Å²) in [6, 6.07) is 11.1. The Morgan fingerprint density at radius 3 is 2.84 bits per heavy atom. The van der Waals surface area contributed by atoms with E-state index in [-0.39, 0.29) is 0 Å². The van der Waals surface area contributed by atoms with Crippen molar-refractivity contribution in [2.24, 2.45) is 0 Å². The van der Waals surface area contributed by atoms with E-state index in [0.29, 0.717) is 5.88 Å². The maximum absolute atomic E-state index is 5.13. The van der Waals surface area contributed by atoms with E-state index >= 15 is 0 Å². The largest absolute Gasteiger partial charge is 0.481 e. The highest BCUT2D eigenvalue weighted by Gasteiger charge is 2.20. The number of hydrogen-bond donors (Lipinski definition) is 0. The number of fused-ring (bicyclic) bond motifs is 1. The van der Waals surface area contributed by atoms with Crippen LogP contribution in [0.25, 0.3) is 21.3 Å². The van der Waals surface area contributed by atoms with Gasteiger partial charge in [0.05, 0.1) is 22.3 Å². The highest BCUT2D eigenvalue weighted by molar-refractivity contribution is 7.18. The molecule has 1 saturated heterocycles. The SMILES string of the molecule is COc1ccc(-c2ccc3nc(CCN4CCCC4C)sc3c2)cn1. The molecule has 1 aliphatic rings. The summed E-state index contributed by atoms with van der Waals surface area (Å²) >= 11 is 1.82. The van der Waals surface area contributed by atoms with Crippen molar-refractivity contribution in [3.8, 4) is 17.0 Å². The minimum Gasteiger partial charge on any atom is -0.481 e. The van der Waals surface area contributed by atoms with E-state index in [9.17, 15) is 0 Å². The molecule has 1 unspecified atom stereocenters. The van der Waals surface area contributed by atoms with Gasteiger partial charge in [0.15, 0.2) is 0 Å². The Hall–Kier alpha value is -1.98.